The van der Waals surface area contributed by atoms with Gasteiger partial charge in [0.15, 0.2) is 6.10 Å². The summed E-state index contributed by atoms with van der Waals surface area (Å²) in [6, 6.07) is 12.3. The predicted octanol–water partition coefficient (Wildman–Crippen LogP) is 4.97. The third-order valence-corrected chi connectivity index (χ3v) is 4.91. The van der Waals surface area contributed by atoms with Gasteiger partial charge in [-0.05, 0) is 62.6 Å². The second-order valence-electron chi connectivity index (χ2n) is 6.74. The number of carbonyl (C=O) groups excluding carboxylic acids is 2. The van der Waals surface area contributed by atoms with Gasteiger partial charge in [-0.25, -0.2) is 0 Å². The lowest BCUT2D eigenvalue weighted by molar-refractivity contribution is -0.122. The first kappa shape index (κ1) is 21.8. The lowest BCUT2D eigenvalue weighted by Gasteiger charge is -2.19. The largest absolute Gasteiger partial charge is 0.481 e. The molecule has 2 unspecified atom stereocenters. The Bertz CT molecular complexity index is 838. The number of aryl methyl sites for hydroxylation is 1. The standard InChI is InChI=1S/C22H27ClN2O3/c1-5-15(4)24-21(26)17-9-7-8-10-19(17)25-22(27)20(6-2)28-16-11-12-18(23)14(3)13-16/h7-13,15,20H,5-6H2,1-4H3,(H,24,26)(H,25,27). The van der Waals surface area contributed by atoms with Gasteiger partial charge in [0, 0.05) is 11.1 Å². The van der Waals surface area contributed by atoms with E-state index >= 15 is 0 Å². The number of para-hydroxylation sites is 1. The van der Waals surface area contributed by atoms with Crippen LogP contribution in [0.2, 0.25) is 5.02 Å². The van der Waals surface area contributed by atoms with Crippen LogP contribution in [-0.2, 0) is 4.79 Å². The van der Waals surface area contributed by atoms with E-state index in [-0.39, 0.29) is 17.9 Å². The Labute approximate surface area is 171 Å². The molecule has 0 saturated heterocycles. The zero-order valence-corrected chi connectivity index (χ0v) is 17.5. The molecule has 2 atom stereocenters. The maximum absolute atomic E-state index is 12.8. The van der Waals surface area contributed by atoms with Crippen molar-refractivity contribution in [3.8, 4) is 5.75 Å². The van der Waals surface area contributed by atoms with Crippen LogP contribution in [0.5, 0.6) is 5.75 Å². The van der Waals surface area contributed by atoms with Crippen molar-refractivity contribution in [1.29, 1.82) is 0 Å². The molecule has 28 heavy (non-hydrogen) atoms. The second kappa shape index (κ2) is 10.1. The highest BCUT2D eigenvalue weighted by Crippen LogP contribution is 2.23. The van der Waals surface area contributed by atoms with Gasteiger partial charge < -0.3 is 15.4 Å². The van der Waals surface area contributed by atoms with E-state index in [9.17, 15) is 9.59 Å². The van der Waals surface area contributed by atoms with Gasteiger partial charge >= 0.3 is 0 Å². The molecule has 0 aromatic heterocycles. The molecule has 2 aromatic carbocycles. The van der Waals surface area contributed by atoms with Gasteiger partial charge in [-0.3, -0.25) is 9.59 Å². The third-order valence-electron chi connectivity index (χ3n) is 4.49. The Kier molecular flexibility index (Phi) is 7.88. The summed E-state index contributed by atoms with van der Waals surface area (Å²) in [5.41, 5.74) is 1.76. The van der Waals surface area contributed by atoms with Gasteiger partial charge in [-0.1, -0.05) is 37.6 Å². The number of halogens is 1. The van der Waals surface area contributed by atoms with E-state index in [4.69, 9.17) is 16.3 Å². The highest BCUT2D eigenvalue weighted by atomic mass is 35.5. The number of benzene rings is 2. The third kappa shape index (κ3) is 5.73. The molecule has 0 aliphatic heterocycles. The molecule has 0 spiro atoms. The first-order valence-corrected chi connectivity index (χ1v) is 9.87. The van der Waals surface area contributed by atoms with Crippen LogP contribution in [0.25, 0.3) is 0 Å². The van der Waals surface area contributed by atoms with Crippen molar-refractivity contribution in [1.82, 2.24) is 5.32 Å². The lowest BCUT2D eigenvalue weighted by Crippen LogP contribution is -2.35. The molecule has 0 saturated carbocycles. The Balaban J connectivity index is 2.14. The van der Waals surface area contributed by atoms with E-state index in [0.717, 1.165) is 12.0 Å². The van der Waals surface area contributed by atoms with Gasteiger partial charge in [-0.15, -0.1) is 0 Å². The molecular formula is C22H27ClN2O3. The summed E-state index contributed by atoms with van der Waals surface area (Å²) in [5.74, 6) is 0.0538. The van der Waals surface area contributed by atoms with Gasteiger partial charge in [0.25, 0.3) is 11.8 Å². The fraction of sp³-hybridized carbons (Fsp3) is 0.364. The summed E-state index contributed by atoms with van der Waals surface area (Å²) in [4.78, 5) is 25.3. The zero-order valence-electron chi connectivity index (χ0n) is 16.7. The normalized spacial score (nSPS) is 12.8. The van der Waals surface area contributed by atoms with Crippen molar-refractivity contribution < 1.29 is 14.3 Å². The highest BCUT2D eigenvalue weighted by Gasteiger charge is 2.21. The minimum absolute atomic E-state index is 0.0520. The molecule has 0 aliphatic rings. The SMILES string of the molecule is CCC(C)NC(=O)c1ccccc1NC(=O)C(CC)Oc1ccc(Cl)c(C)c1. The maximum Gasteiger partial charge on any atom is 0.265 e. The van der Waals surface area contributed by atoms with Crippen LogP contribution in [0, 0.1) is 6.92 Å². The van der Waals surface area contributed by atoms with Crippen molar-refractivity contribution in [2.75, 3.05) is 5.32 Å². The molecule has 2 aromatic rings. The molecule has 0 radical (unpaired) electrons. The van der Waals surface area contributed by atoms with E-state index in [1.54, 1.807) is 42.5 Å². The Hall–Kier alpha value is -2.53. The smallest absolute Gasteiger partial charge is 0.265 e. The molecular weight excluding hydrogens is 376 g/mol. The van der Waals surface area contributed by atoms with Crippen LogP contribution in [0.15, 0.2) is 42.5 Å². The molecule has 5 nitrogen and oxygen atoms in total. The van der Waals surface area contributed by atoms with Crippen molar-refractivity contribution >= 4 is 29.1 Å². The topological polar surface area (TPSA) is 67.4 Å². The first-order chi connectivity index (χ1) is 13.3. The fourth-order valence-electron chi connectivity index (χ4n) is 2.58. The summed E-state index contributed by atoms with van der Waals surface area (Å²) >= 11 is 6.04. The van der Waals surface area contributed by atoms with Crippen LogP contribution < -0.4 is 15.4 Å². The number of amides is 2. The first-order valence-electron chi connectivity index (χ1n) is 9.49. The van der Waals surface area contributed by atoms with Crippen molar-refractivity contribution in [2.24, 2.45) is 0 Å². The van der Waals surface area contributed by atoms with Crippen molar-refractivity contribution in [3.63, 3.8) is 0 Å². The molecule has 0 heterocycles. The Morgan fingerprint density at radius 1 is 1.11 bits per heavy atom. The summed E-state index contributed by atoms with van der Waals surface area (Å²) in [6.45, 7) is 7.69. The minimum atomic E-state index is -0.689. The molecule has 0 fully saturated rings. The fourth-order valence-corrected chi connectivity index (χ4v) is 2.70. The lowest BCUT2D eigenvalue weighted by atomic mass is 10.1. The highest BCUT2D eigenvalue weighted by molar-refractivity contribution is 6.31. The molecule has 2 rings (SSSR count). The predicted molar refractivity (Wildman–Crippen MR) is 113 cm³/mol. The van der Waals surface area contributed by atoms with Crippen LogP contribution in [0.4, 0.5) is 5.69 Å². The summed E-state index contributed by atoms with van der Waals surface area (Å²) in [6.07, 6.45) is 0.618. The average Bonchev–Trinajstić information content (AvgIpc) is 2.68. The average molecular weight is 403 g/mol. The van der Waals surface area contributed by atoms with Crippen molar-refractivity contribution in [3.05, 3.63) is 58.6 Å². The van der Waals surface area contributed by atoms with Crippen LogP contribution in [0.1, 0.15) is 49.5 Å². The summed E-state index contributed by atoms with van der Waals surface area (Å²) in [5, 5.41) is 6.39. The minimum Gasteiger partial charge on any atom is -0.481 e. The number of hydrogen-bond donors (Lipinski definition) is 2. The maximum atomic E-state index is 12.8. The van der Waals surface area contributed by atoms with Gasteiger partial charge in [0.2, 0.25) is 0 Å². The monoisotopic (exact) mass is 402 g/mol. The quantitative estimate of drug-likeness (QED) is 0.654. The molecule has 2 amide bonds. The van der Waals surface area contributed by atoms with Gasteiger partial charge in [0.05, 0.1) is 11.3 Å². The molecule has 2 N–H and O–H groups in total. The van der Waals surface area contributed by atoms with E-state index < -0.39 is 6.10 Å². The summed E-state index contributed by atoms with van der Waals surface area (Å²) < 4.78 is 5.84. The molecule has 0 aliphatic carbocycles. The van der Waals surface area contributed by atoms with E-state index in [2.05, 4.69) is 10.6 Å². The summed E-state index contributed by atoms with van der Waals surface area (Å²) in [7, 11) is 0. The number of carbonyl (C=O) groups is 2. The van der Waals surface area contributed by atoms with Crippen LogP contribution in [-0.4, -0.2) is 24.0 Å². The van der Waals surface area contributed by atoms with Crippen LogP contribution in [0.3, 0.4) is 0 Å². The van der Waals surface area contributed by atoms with Crippen molar-refractivity contribution in [2.45, 2.75) is 52.7 Å². The van der Waals surface area contributed by atoms with E-state index in [1.807, 2.05) is 27.7 Å². The second-order valence-corrected chi connectivity index (χ2v) is 7.15. The Morgan fingerprint density at radius 2 is 1.82 bits per heavy atom. The number of hydrogen-bond acceptors (Lipinski definition) is 3. The number of rotatable bonds is 8. The molecule has 6 heteroatoms. The number of ether oxygens (including phenoxy) is 1. The number of anilines is 1. The Morgan fingerprint density at radius 3 is 2.46 bits per heavy atom. The van der Waals surface area contributed by atoms with Gasteiger partial charge in [0.1, 0.15) is 5.75 Å². The zero-order chi connectivity index (χ0) is 20.7. The van der Waals surface area contributed by atoms with E-state index in [1.165, 1.54) is 0 Å². The molecule has 150 valence electrons. The van der Waals surface area contributed by atoms with E-state index in [0.29, 0.717) is 28.4 Å². The van der Waals surface area contributed by atoms with Crippen LogP contribution >= 0.6 is 11.6 Å². The molecule has 0 bridgehead atoms. The van der Waals surface area contributed by atoms with Gasteiger partial charge in [-0.2, -0.15) is 0 Å². The number of nitrogens with one attached hydrogen (secondary N) is 2.